The molecule has 0 radical (unpaired) electrons. The van der Waals surface area contributed by atoms with Crippen LogP contribution in [0.25, 0.3) is 0 Å². The second-order valence-corrected chi connectivity index (χ2v) is 6.91. The molecule has 7 heteroatoms. The van der Waals surface area contributed by atoms with Gasteiger partial charge in [-0.05, 0) is 31.9 Å². The van der Waals surface area contributed by atoms with Gasteiger partial charge in [-0.15, -0.1) is 0 Å². The maximum Gasteiger partial charge on any atom is 0.308 e. The number of nitriles is 1. The largest absolute Gasteiger partial charge is 0.481 e. The Labute approximate surface area is 123 Å². The van der Waals surface area contributed by atoms with Crippen molar-refractivity contribution >= 4 is 16.0 Å². The molecule has 21 heavy (non-hydrogen) atoms. The fraction of sp³-hybridized carbons (Fsp3) is 0.429. The van der Waals surface area contributed by atoms with Gasteiger partial charge < -0.3 is 5.11 Å². The number of sulfonamides is 1. The topological polar surface area (TPSA) is 98.5 Å². The number of benzene rings is 1. The molecule has 1 fully saturated rings. The first-order valence-corrected chi connectivity index (χ1v) is 8.07. The van der Waals surface area contributed by atoms with E-state index < -0.39 is 28.0 Å². The second kappa shape index (κ2) is 5.84. The fourth-order valence-electron chi connectivity index (χ4n) is 2.69. The third kappa shape index (κ3) is 2.77. The number of aliphatic carboxylic acids is 1. The van der Waals surface area contributed by atoms with Crippen molar-refractivity contribution in [3.05, 3.63) is 29.8 Å². The highest BCUT2D eigenvalue weighted by atomic mass is 32.2. The van der Waals surface area contributed by atoms with Crippen molar-refractivity contribution in [1.82, 2.24) is 4.31 Å². The zero-order valence-corrected chi connectivity index (χ0v) is 12.4. The second-order valence-electron chi connectivity index (χ2n) is 5.05. The summed E-state index contributed by atoms with van der Waals surface area (Å²) in [6.07, 6.45) is 0.956. The maximum atomic E-state index is 12.7. The molecule has 2 rings (SSSR count). The molecular formula is C14H16N2O4S. The van der Waals surface area contributed by atoms with Gasteiger partial charge in [0, 0.05) is 12.6 Å². The van der Waals surface area contributed by atoms with E-state index in [1.807, 2.05) is 6.07 Å². The summed E-state index contributed by atoms with van der Waals surface area (Å²) >= 11 is 0. The molecule has 0 spiro atoms. The van der Waals surface area contributed by atoms with Crippen molar-refractivity contribution < 1.29 is 18.3 Å². The van der Waals surface area contributed by atoms with Crippen molar-refractivity contribution in [2.24, 2.45) is 5.92 Å². The smallest absolute Gasteiger partial charge is 0.308 e. The standard InChI is InChI=1S/C14H16N2O4S/c1-10-12(14(17)18)6-4-8-16(10)21(19,20)13-7-3-2-5-11(13)9-15/h2-3,5,7,10,12H,4,6,8H2,1H3,(H,17,18)/t10-,12-/m1/s1. The van der Waals surface area contributed by atoms with Crippen LogP contribution in [0.2, 0.25) is 0 Å². The normalized spacial score (nSPS) is 23.4. The zero-order chi connectivity index (χ0) is 15.6. The molecule has 0 aromatic heterocycles. The Morgan fingerprint density at radius 3 is 2.71 bits per heavy atom. The number of carboxylic acids is 1. The molecule has 0 bridgehead atoms. The van der Waals surface area contributed by atoms with E-state index in [9.17, 15) is 18.3 Å². The first-order valence-electron chi connectivity index (χ1n) is 6.63. The SMILES string of the molecule is C[C@@H]1[C@H](C(=O)O)CCCN1S(=O)(=O)c1ccccc1C#N. The Morgan fingerprint density at radius 1 is 1.43 bits per heavy atom. The van der Waals surface area contributed by atoms with Gasteiger partial charge >= 0.3 is 5.97 Å². The molecule has 1 aromatic rings. The summed E-state index contributed by atoms with van der Waals surface area (Å²) in [6.45, 7) is 1.87. The van der Waals surface area contributed by atoms with Gasteiger partial charge in [-0.25, -0.2) is 8.42 Å². The molecule has 112 valence electrons. The Bertz CT molecular complexity index is 693. The fourth-order valence-corrected chi connectivity index (χ4v) is 4.54. The molecule has 1 aliphatic heterocycles. The van der Waals surface area contributed by atoms with Gasteiger partial charge in [0.15, 0.2) is 0 Å². The van der Waals surface area contributed by atoms with E-state index in [2.05, 4.69) is 0 Å². The van der Waals surface area contributed by atoms with E-state index in [-0.39, 0.29) is 17.0 Å². The molecular weight excluding hydrogens is 292 g/mol. The predicted octanol–water partition coefficient (Wildman–Crippen LogP) is 1.43. The van der Waals surface area contributed by atoms with Gasteiger partial charge in [0.2, 0.25) is 10.0 Å². The quantitative estimate of drug-likeness (QED) is 0.910. The highest BCUT2D eigenvalue weighted by Crippen LogP contribution is 2.30. The first-order chi connectivity index (χ1) is 9.89. The lowest BCUT2D eigenvalue weighted by molar-refractivity contribution is -0.144. The third-order valence-corrected chi connectivity index (χ3v) is 5.89. The Balaban J connectivity index is 2.44. The molecule has 2 atom stereocenters. The van der Waals surface area contributed by atoms with E-state index in [1.54, 1.807) is 19.1 Å². The lowest BCUT2D eigenvalue weighted by atomic mass is 9.92. The van der Waals surface area contributed by atoms with E-state index in [0.29, 0.717) is 12.8 Å². The van der Waals surface area contributed by atoms with Gasteiger partial charge in [-0.3, -0.25) is 4.79 Å². The summed E-state index contributed by atoms with van der Waals surface area (Å²) in [5, 5.41) is 18.2. The van der Waals surface area contributed by atoms with Crippen LogP contribution in [0, 0.1) is 17.2 Å². The highest BCUT2D eigenvalue weighted by molar-refractivity contribution is 7.89. The van der Waals surface area contributed by atoms with E-state index >= 15 is 0 Å². The Morgan fingerprint density at radius 2 is 2.10 bits per heavy atom. The number of hydrogen-bond acceptors (Lipinski definition) is 4. The number of carbonyl (C=O) groups is 1. The third-order valence-electron chi connectivity index (χ3n) is 3.84. The minimum Gasteiger partial charge on any atom is -0.481 e. The van der Waals surface area contributed by atoms with Crippen LogP contribution in [-0.4, -0.2) is 36.4 Å². The molecule has 0 aliphatic carbocycles. The molecule has 1 aromatic carbocycles. The summed E-state index contributed by atoms with van der Waals surface area (Å²) in [5.41, 5.74) is 0.0714. The molecule has 0 amide bonds. The first kappa shape index (κ1) is 15.5. The minimum atomic E-state index is -3.87. The van der Waals surface area contributed by atoms with E-state index in [4.69, 9.17) is 5.26 Å². The maximum absolute atomic E-state index is 12.7. The molecule has 0 saturated carbocycles. The number of rotatable bonds is 3. The van der Waals surface area contributed by atoms with Crippen LogP contribution in [0.3, 0.4) is 0 Å². The highest BCUT2D eigenvalue weighted by Gasteiger charge is 2.40. The van der Waals surface area contributed by atoms with Crippen LogP contribution in [-0.2, 0) is 14.8 Å². The van der Waals surface area contributed by atoms with Gasteiger partial charge in [-0.1, -0.05) is 12.1 Å². The van der Waals surface area contributed by atoms with E-state index in [1.165, 1.54) is 16.4 Å². The average Bonchev–Trinajstić information content (AvgIpc) is 2.46. The molecule has 1 heterocycles. The Kier molecular flexibility index (Phi) is 4.30. The predicted molar refractivity (Wildman–Crippen MR) is 74.9 cm³/mol. The average molecular weight is 308 g/mol. The van der Waals surface area contributed by atoms with E-state index in [0.717, 1.165) is 0 Å². The van der Waals surface area contributed by atoms with Crippen molar-refractivity contribution in [3.63, 3.8) is 0 Å². The molecule has 6 nitrogen and oxygen atoms in total. The molecule has 0 unspecified atom stereocenters. The lowest BCUT2D eigenvalue weighted by Crippen LogP contribution is -2.49. The Hall–Kier alpha value is -1.91. The molecule has 1 N–H and O–H groups in total. The van der Waals surface area contributed by atoms with Gasteiger partial charge in [0.05, 0.1) is 16.4 Å². The number of piperidine rings is 1. The van der Waals surface area contributed by atoms with Crippen molar-refractivity contribution in [2.45, 2.75) is 30.7 Å². The summed E-state index contributed by atoms with van der Waals surface area (Å²) in [5.74, 6) is -1.71. The van der Waals surface area contributed by atoms with Crippen molar-refractivity contribution in [3.8, 4) is 6.07 Å². The van der Waals surface area contributed by atoms with Gasteiger partial charge in [0.25, 0.3) is 0 Å². The monoisotopic (exact) mass is 308 g/mol. The minimum absolute atomic E-state index is 0.0645. The number of hydrogen-bond donors (Lipinski definition) is 1. The molecule has 1 aliphatic rings. The zero-order valence-electron chi connectivity index (χ0n) is 11.6. The molecule has 1 saturated heterocycles. The van der Waals surface area contributed by atoms with Crippen LogP contribution in [0.5, 0.6) is 0 Å². The summed E-state index contributed by atoms with van der Waals surface area (Å²) < 4.78 is 26.7. The van der Waals surface area contributed by atoms with Crippen LogP contribution in [0.15, 0.2) is 29.2 Å². The lowest BCUT2D eigenvalue weighted by Gasteiger charge is -2.36. The van der Waals surface area contributed by atoms with Crippen molar-refractivity contribution in [2.75, 3.05) is 6.54 Å². The van der Waals surface area contributed by atoms with Crippen LogP contribution in [0.4, 0.5) is 0 Å². The number of carboxylic acid groups (broad SMARTS) is 1. The van der Waals surface area contributed by atoms with Crippen LogP contribution < -0.4 is 0 Å². The van der Waals surface area contributed by atoms with Gasteiger partial charge in [-0.2, -0.15) is 9.57 Å². The summed E-state index contributed by atoms with van der Waals surface area (Å²) in [7, 11) is -3.87. The van der Waals surface area contributed by atoms with Crippen LogP contribution >= 0.6 is 0 Å². The number of nitrogens with zero attached hydrogens (tertiary/aromatic N) is 2. The summed E-state index contributed by atoms with van der Waals surface area (Å²) in [4.78, 5) is 11.2. The van der Waals surface area contributed by atoms with Crippen LogP contribution in [0.1, 0.15) is 25.3 Å². The summed E-state index contributed by atoms with van der Waals surface area (Å²) in [6, 6.07) is 7.20. The van der Waals surface area contributed by atoms with Crippen molar-refractivity contribution in [1.29, 1.82) is 5.26 Å². The van der Waals surface area contributed by atoms with Gasteiger partial charge in [0.1, 0.15) is 6.07 Å².